The summed E-state index contributed by atoms with van der Waals surface area (Å²) < 4.78 is 39.4. The van der Waals surface area contributed by atoms with E-state index in [1.165, 1.54) is 6.20 Å². The summed E-state index contributed by atoms with van der Waals surface area (Å²) in [5, 5.41) is 3.03. The normalized spacial score (nSPS) is 14.9. The van der Waals surface area contributed by atoms with Gasteiger partial charge in [-0.1, -0.05) is 0 Å². The largest absolute Gasteiger partial charge is 0.433 e. The summed E-state index contributed by atoms with van der Waals surface area (Å²) in [6.07, 6.45) is -1.18. The van der Waals surface area contributed by atoms with Gasteiger partial charge in [-0.3, -0.25) is 4.98 Å². The average molecular weight is 280 g/mol. The lowest BCUT2D eigenvalue weighted by molar-refractivity contribution is -0.142. The van der Waals surface area contributed by atoms with E-state index in [0.717, 1.165) is 0 Å². The Kier molecular flexibility index (Phi) is 3.13. The second kappa shape index (κ2) is 4.82. The predicted molar refractivity (Wildman–Crippen MR) is 65.7 cm³/mol. The fraction of sp³-hybridized carbons (Fsp3) is 0.308. The number of nitrogens with zero attached hydrogens (tertiary/aromatic N) is 3. The molecule has 0 radical (unpaired) electrons. The Morgan fingerprint density at radius 1 is 1.20 bits per heavy atom. The topological polar surface area (TPSA) is 50.7 Å². The minimum absolute atomic E-state index is 0.0628. The molecule has 1 N–H and O–H groups in total. The summed E-state index contributed by atoms with van der Waals surface area (Å²) in [5.41, 5.74) is 0.260. The molecule has 0 amide bonds. The highest BCUT2D eigenvalue weighted by molar-refractivity contribution is 5.54. The molecule has 3 rings (SSSR count). The lowest BCUT2D eigenvalue weighted by atomic mass is 10.0. The fourth-order valence-corrected chi connectivity index (χ4v) is 2.22. The average Bonchev–Trinajstić information content (AvgIpc) is 2.46. The van der Waals surface area contributed by atoms with Gasteiger partial charge in [0.1, 0.15) is 0 Å². The Hall–Kier alpha value is -2.02. The predicted octanol–water partition coefficient (Wildman–Crippen LogP) is 2.20. The van der Waals surface area contributed by atoms with Crippen molar-refractivity contribution >= 4 is 0 Å². The van der Waals surface area contributed by atoms with Gasteiger partial charge in [0, 0.05) is 30.1 Å². The zero-order valence-electron chi connectivity index (χ0n) is 10.4. The van der Waals surface area contributed by atoms with Crippen LogP contribution < -0.4 is 5.32 Å². The number of pyridine rings is 1. The molecule has 0 aliphatic carbocycles. The van der Waals surface area contributed by atoms with Crippen LogP contribution in [0.3, 0.4) is 0 Å². The first-order valence-electron chi connectivity index (χ1n) is 6.14. The van der Waals surface area contributed by atoms with Gasteiger partial charge in [-0.05, 0) is 25.1 Å². The number of aromatic nitrogens is 3. The molecule has 0 saturated heterocycles. The molecule has 0 atom stereocenters. The quantitative estimate of drug-likeness (QED) is 0.870. The highest BCUT2D eigenvalue weighted by Crippen LogP contribution is 2.34. The Labute approximate surface area is 113 Å². The van der Waals surface area contributed by atoms with E-state index in [4.69, 9.17) is 0 Å². The molecule has 0 bridgehead atoms. The summed E-state index contributed by atoms with van der Waals surface area (Å²) in [4.78, 5) is 11.9. The molecule has 20 heavy (non-hydrogen) atoms. The summed E-state index contributed by atoms with van der Waals surface area (Å²) in [5.74, 6) is 0.0628. The van der Waals surface area contributed by atoms with Crippen molar-refractivity contribution in [2.45, 2.75) is 19.1 Å². The minimum Gasteiger partial charge on any atom is -0.311 e. The zero-order chi connectivity index (χ0) is 14.2. The number of nitrogens with one attached hydrogen (secondary N) is 1. The Bertz CT molecular complexity index is 626. The summed E-state index contributed by atoms with van der Waals surface area (Å²) in [7, 11) is 0. The SMILES string of the molecule is FC(F)(F)c1nc(-c2cccnc2)nc2c1CCNC2. The number of hydrogen-bond donors (Lipinski definition) is 1. The van der Waals surface area contributed by atoms with Gasteiger partial charge in [-0.15, -0.1) is 0 Å². The lowest BCUT2D eigenvalue weighted by Crippen LogP contribution is -2.28. The van der Waals surface area contributed by atoms with Gasteiger partial charge in [0.05, 0.1) is 5.69 Å². The van der Waals surface area contributed by atoms with Gasteiger partial charge < -0.3 is 5.32 Å². The van der Waals surface area contributed by atoms with E-state index in [9.17, 15) is 13.2 Å². The monoisotopic (exact) mass is 280 g/mol. The van der Waals surface area contributed by atoms with E-state index in [1.807, 2.05) is 0 Å². The zero-order valence-corrected chi connectivity index (χ0v) is 10.4. The molecule has 0 aromatic carbocycles. The second-order valence-corrected chi connectivity index (χ2v) is 4.49. The molecule has 0 saturated carbocycles. The van der Waals surface area contributed by atoms with Crippen molar-refractivity contribution in [2.24, 2.45) is 0 Å². The molecule has 7 heteroatoms. The van der Waals surface area contributed by atoms with Crippen molar-refractivity contribution in [3.8, 4) is 11.4 Å². The number of hydrogen-bond acceptors (Lipinski definition) is 4. The first-order chi connectivity index (χ1) is 9.55. The smallest absolute Gasteiger partial charge is 0.311 e. The maximum absolute atomic E-state index is 13.1. The summed E-state index contributed by atoms with van der Waals surface area (Å²) in [6.45, 7) is 0.833. The van der Waals surface area contributed by atoms with Crippen molar-refractivity contribution in [2.75, 3.05) is 6.54 Å². The standard InChI is InChI=1S/C13H11F3N4/c14-13(15,16)11-9-3-5-18-7-10(9)19-12(20-11)8-2-1-4-17-6-8/h1-2,4,6,18H,3,5,7H2. The van der Waals surface area contributed by atoms with Crippen LogP contribution in [0.15, 0.2) is 24.5 Å². The molecular formula is C13H11F3N4. The first kappa shape index (κ1) is 13.0. The van der Waals surface area contributed by atoms with Gasteiger partial charge in [0.25, 0.3) is 0 Å². The molecule has 1 aliphatic rings. The molecule has 104 valence electrons. The van der Waals surface area contributed by atoms with Gasteiger partial charge in [0.2, 0.25) is 0 Å². The minimum atomic E-state index is -4.47. The van der Waals surface area contributed by atoms with Crippen LogP contribution in [0.4, 0.5) is 13.2 Å². The third-order valence-electron chi connectivity index (χ3n) is 3.13. The molecule has 0 spiro atoms. The van der Waals surface area contributed by atoms with E-state index < -0.39 is 11.9 Å². The van der Waals surface area contributed by atoms with E-state index in [1.54, 1.807) is 18.3 Å². The molecule has 0 unspecified atom stereocenters. The number of halogens is 3. The Balaban J connectivity index is 2.19. The van der Waals surface area contributed by atoms with Crippen molar-refractivity contribution in [1.29, 1.82) is 0 Å². The Morgan fingerprint density at radius 3 is 2.75 bits per heavy atom. The molecule has 3 heterocycles. The van der Waals surface area contributed by atoms with E-state index in [0.29, 0.717) is 24.3 Å². The highest BCUT2D eigenvalue weighted by Gasteiger charge is 2.38. The lowest BCUT2D eigenvalue weighted by Gasteiger charge is -2.21. The maximum atomic E-state index is 13.1. The molecule has 4 nitrogen and oxygen atoms in total. The molecular weight excluding hydrogens is 269 g/mol. The van der Waals surface area contributed by atoms with Gasteiger partial charge in [-0.2, -0.15) is 13.2 Å². The molecule has 2 aromatic heterocycles. The van der Waals surface area contributed by atoms with Crippen LogP contribution in [0.5, 0.6) is 0 Å². The van der Waals surface area contributed by atoms with Crippen LogP contribution in [0.25, 0.3) is 11.4 Å². The number of fused-ring (bicyclic) bond motifs is 1. The van der Waals surface area contributed by atoms with E-state index in [2.05, 4.69) is 20.3 Å². The summed E-state index contributed by atoms with van der Waals surface area (Å²) >= 11 is 0. The molecule has 2 aromatic rings. The first-order valence-corrected chi connectivity index (χ1v) is 6.14. The van der Waals surface area contributed by atoms with E-state index >= 15 is 0 Å². The van der Waals surface area contributed by atoms with Crippen LogP contribution in [-0.2, 0) is 19.1 Å². The highest BCUT2D eigenvalue weighted by atomic mass is 19.4. The van der Waals surface area contributed by atoms with Crippen molar-refractivity contribution in [3.63, 3.8) is 0 Å². The summed E-state index contributed by atoms with van der Waals surface area (Å²) in [6, 6.07) is 3.29. The third-order valence-corrected chi connectivity index (χ3v) is 3.13. The number of rotatable bonds is 1. The molecule has 1 aliphatic heterocycles. The van der Waals surface area contributed by atoms with Crippen LogP contribution in [0, 0.1) is 0 Å². The van der Waals surface area contributed by atoms with Crippen LogP contribution in [0.2, 0.25) is 0 Å². The second-order valence-electron chi connectivity index (χ2n) is 4.49. The van der Waals surface area contributed by atoms with Crippen molar-refractivity contribution in [3.05, 3.63) is 41.5 Å². The number of alkyl halides is 3. The fourth-order valence-electron chi connectivity index (χ4n) is 2.22. The third kappa shape index (κ3) is 2.36. The Morgan fingerprint density at radius 2 is 2.05 bits per heavy atom. The van der Waals surface area contributed by atoms with Crippen molar-refractivity contribution < 1.29 is 13.2 Å². The van der Waals surface area contributed by atoms with Gasteiger partial charge in [-0.25, -0.2) is 9.97 Å². The van der Waals surface area contributed by atoms with Crippen LogP contribution >= 0.6 is 0 Å². The van der Waals surface area contributed by atoms with Crippen molar-refractivity contribution in [1.82, 2.24) is 20.3 Å². The molecule has 0 fully saturated rings. The maximum Gasteiger partial charge on any atom is 0.433 e. The van der Waals surface area contributed by atoms with Gasteiger partial charge >= 0.3 is 6.18 Å². The van der Waals surface area contributed by atoms with Crippen LogP contribution in [-0.4, -0.2) is 21.5 Å². The van der Waals surface area contributed by atoms with Gasteiger partial charge in [0.15, 0.2) is 11.5 Å². The van der Waals surface area contributed by atoms with Crippen LogP contribution in [0.1, 0.15) is 17.0 Å². The van der Waals surface area contributed by atoms with E-state index in [-0.39, 0.29) is 17.8 Å².